The third-order valence-corrected chi connectivity index (χ3v) is 6.21. The maximum atomic E-state index is 12.7. The van der Waals surface area contributed by atoms with Gasteiger partial charge in [0.05, 0.1) is 28.4 Å². The SMILES string of the molecule is COc1ccc(/C=C/C=C/C(=O)N2CCCN(C(=O)/C=C/C=C/c3ccc(OC)c(OC)c3)CC2)cc1OC. The van der Waals surface area contributed by atoms with E-state index in [1.54, 1.807) is 62.5 Å². The van der Waals surface area contributed by atoms with E-state index in [1.165, 1.54) is 0 Å². The summed E-state index contributed by atoms with van der Waals surface area (Å²) in [7, 11) is 6.37. The molecule has 1 heterocycles. The lowest BCUT2D eigenvalue weighted by molar-refractivity contribution is -0.128. The van der Waals surface area contributed by atoms with Crippen LogP contribution >= 0.6 is 0 Å². The molecule has 0 unspecified atom stereocenters. The summed E-state index contributed by atoms with van der Waals surface area (Å²) in [6.07, 6.45) is 14.7. The zero-order valence-electron chi connectivity index (χ0n) is 23.0. The van der Waals surface area contributed by atoms with Crippen LogP contribution in [-0.2, 0) is 9.59 Å². The van der Waals surface area contributed by atoms with Crippen LogP contribution in [0.4, 0.5) is 0 Å². The smallest absolute Gasteiger partial charge is 0.246 e. The van der Waals surface area contributed by atoms with Crippen LogP contribution in [0.1, 0.15) is 17.5 Å². The number of carbonyl (C=O) groups is 2. The monoisotopic (exact) mass is 532 g/mol. The van der Waals surface area contributed by atoms with E-state index in [-0.39, 0.29) is 11.8 Å². The molecule has 206 valence electrons. The van der Waals surface area contributed by atoms with E-state index in [1.807, 2.05) is 60.7 Å². The van der Waals surface area contributed by atoms with Crippen LogP contribution in [0.5, 0.6) is 23.0 Å². The Morgan fingerprint density at radius 1 is 0.590 bits per heavy atom. The summed E-state index contributed by atoms with van der Waals surface area (Å²) in [5.41, 5.74) is 1.86. The number of ether oxygens (including phenoxy) is 4. The van der Waals surface area contributed by atoms with E-state index in [0.717, 1.165) is 17.5 Å². The summed E-state index contributed by atoms with van der Waals surface area (Å²) in [5, 5.41) is 0. The molecule has 0 saturated carbocycles. The number of carbonyl (C=O) groups excluding carboxylic acids is 2. The lowest BCUT2D eigenvalue weighted by atomic mass is 10.2. The first-order chi connectivity index (χ1) is 19.0. The van der Waals surface area contributed by atoms with Crippen molar-refractivity contribution >= 4 is 24.0 Å². The van der Waals surface area contributed by atoms with Gasteiger partial charge in [-0.05, 0) is 41.8 Å². The molecule has 0 N–H and O–H groups in total. The largest absolute Gasteiger partial charge is 0.493 e. The van der Waals surface area contributed by atoms with Gasteiger partial charge < -0.3 is 28.7 Å². The van der Waals surface area contributed by atoms with Crippen LogP contribution in [-0.4, -0.2) is 76.2 Å². The van der Waals surface area contributed by atoms with Crippen molar-refractivity contribution in [2.24, 2.45) is 0 Å². The van der Waals surface area contributed by atoms with Crippen molar-refractivity contribution in [3.63, 3.8) is 0 Å². The number of benzene rings is 2. The molecule has 0 spiro atoms. The van der Waals surface area contributed by atoms with Gasteiger partial charge in [-0.1, -0.05) is 48.6 Å². The van der Waals surface area contributed by atoms with Crippen LogP contribution in [0.3, 0.4) is 0 Å². The van der Waals surface area contributed by atoms with E-state index in [0.29, 0.717) is 49.2 Å². The highest BCUT2D eigenvalue weighted by Gasteiger charge is 2.19. The molecule has 2 aromatic rings. The molecule has 2 amide bonds. The number of methoxy groups -OCH3 is 4. The van der Waals surface area contributed by atoms with Crippen molar-refractivity contribution in [1.82, 2.24) is 9.80 Å². The lowest BCUT2D eigenvalue weighted by Crippen LogP contribution is -2.36. The number of rotatable bonds is 10. The van der Waals surface area contributed by atoms with Crippen LogP contribution in [0.2, 0.25) is 0 Å². The topological polar surface area (TPSA) is 77.5 Å². The van der Waals surface area contributed by atoms with Gasteiger partial charge in [0.15, 0.2) is 23.0 Å². The van der Waals surface area contributed by atoms with Gasteiger partial charge in [0.1, 0.15) is 0 Å². The fourth-order valence-corrected chi connectivity index (χ4v) is 4.09. The summed E-state index contributed by atoms with van der Waals surface area (Å²) >= 11 is 0. The van der Waals surface area contributed by atoms with Crippen molar-refractivity contribution in [3.8, 4) is 23.0 Å². The number of nitrogens with zero attached hydrogens (tertiary/aromatic N) is 2. The van der Waals surface area contributed by atoms with E-state index < -0.39 is 0 Å². The van der Waals surface area contributed by atoms with Crippen LogP contribution in [0.15, 0.2) is 72.9 Å². The first-order valence-corrected chi connectivity index (χ1v) is 12.7. The van der Waals surface area contributed by atoms with Crippen molar-refractivity contribution < 1.29 is 28.5 Å². The summed E-state index contributed by atoms with van der Waals surface area (Å²) in [5.74, 6) is 2.47. The van der Waals surface area contributed by atoms with Gasteiger partial charge in [0.2, 0.25) is 11.8 Å². The summed E-state index contributed by atoms with van der Waals surface area (Å²) in [6, 6.07) is 11.2. The minimum absolute atomic E-state index is 0.0744. The Morgan fingerprint density at radius 3 is 1.38 bits per heavy atom. The molecule has 0 bridgehead atoms. The molecule has 0 aromatic heterocycles. The highest BCUT2D eigenvalue weighted by Crippen LogP contribution is 2.28. The fraction of sp³-hybridized carbons (Fsp3) is 0.290. The Hall–Kier alpha value is -4.46. The normalized spacial score (nSPS) is 14.4. The predicted octanol–water partition coefficient (Wildman–Crippen LogP) is 4.62. The minimum Gasteiger partial charge on any atom is -0.493 e. The van der Waals surface area contributed by atoms with Gasteiger partial charge in [-0.2, -0.15) is 0 Å². The van der Waals surface area contributed by atoms with E-state index in [2.05, 4.69) is 0 Å². The van der Waals surface area contributed by atoms with Gasteiger partial charge in [0, 0.05) is 38.3 Å². The van der Waals surface area contributed by atoms with Crippen molar-refractivity contribution in [2.45, 2.75) is 6.42 Å². The first-order valence-electron chi connectivity index (χ1n) is 12.7. The molecule has 8 heteroatoms. The van der Waals surface area contributed by atoms with Gasteiger partial charge in [-0.15, -0.1) is 0 Å². The molecule has 0 radical (unpaired) electrons. The summed E-state index contributed by atoms with van der Waals surface area (Å²) in [4.78, 5) is 28.9. The zero-order chi connectivity index (χ0) is 28.0. The second-order valence-corrected chi connectivity index (χ2v) is 8.67. The number of amides is 2. The first kappa shape index (κ1) is 29.1. The summed E-state index contributed by atoms with van der Waals surface area (Å²) in [6.45, 7) is 2.19. The molecule has 1 aliphatic rings. The number of allylic oxidation sites excluding steroid dienone is 4. The Morgan fingerprint density at radius 2 is 1.00 bits per heavy atom. The molecule has 2 aromatic carbocycles. The maximum Gasteiger partial charge on any atom is 0.246 e. The van der Waals surface area contributed by atoms with Crippen molar-refractivity contribution in [3.05, 3.63) is 84.0 Å². The lowest BCUT2D eigenvalue weighted by Gasteiger charge is -2.20. The Labute approximate surface area is 230 Å². The van der Waals surface area contributed by atoms with Crippen LogP contribution < -0.4 is 18.9 Å². The van der Waals surface area contributed by atoms with Gasteiger partial charge in [-0.3, -0.25) is 9.59 Å². The quantitative estimate of drug-likeness (QED) is 0.328. The average Bonchev–Trinajstić information content (AvgIpc) is 3.23. The van der Waals surface area contributed by atoms with Crippen LogP contribution in [0, 0.1) is 0 Å². The molecular formula is C31H36N2O6. The molecule has 39 heavy (non-hydrogen) atoms. The third-order valence-electron chi connectivity index (χ3n) is 6.21. The van der Waals surface area contributed by atoms with Crippen LogP contribution in [0.25, 0.3) is 12.2 Å². The molecule has 0 aliphatic carbocycles. The molecular weight excluding hydrogens is 496 g/mol. The second kappa shape index (κ2) is 15.1. The van der Waals surface area contributed by atoms with Crippen molar-refractivity contribution in [1.29, 1.82) is 0 Å². The Bertz CT molecular complexity index is 1150. The molecule has 1 saturated heterocycles. The minimum atomic E-state index is -0.0744. The van der Waals surface area contributed by atoms with E-state index in [4.69, 9.17) is 18.9 Å². The van der Waals surface area contributed by atoms with Gasteiger partial charge >= 0.3 is 0 Å². The highest BCUT2D eigenvalue weighted by molar-refractivity contribution is 5.89. The molecule has 1 aliphatic heterocycles. The molecule has 3 rings (SSSR count). The number of hydrogen-bond acceptors (Lipinski definition) is 6. The second-order valence-electron chi connectivity index (χ2n) is 8.67. The Kier molecular flexibility index (Phi) is 11.2. The molecule has 8 nitrogen and oxygen atoms in total. The highest BCUT2D eigenvalue weighted by atomic mass is 16.5. The number of hydrogen-bond donors (Lipinski definition) is 0. The third kappa shape index (κ3) is 8.53. The Balaban J connectivity index is 1.49. The molecule has 1 fully saturated rings. The average molecular weight is 533 g/mol. The predicted molar refractivity (Wildman–Crippen MR) is 153 cm³/mol. The fourth-order valence-electron chi connectivity index (χ4n) is 4.09. The molecule has 0 atom stereocenters. The summed E-state index contributed by atoms with van der Waals surface area (Å²) < 4.78 is 21.1. The van der Waals surface area contributed by atoms with Crippen molar-refractivity contribution in [2.75, 3.05) is 54.6 Å². The van der Waals surface area contributed by atoms with Gasteiger partial charge in [-0.25, -0.2) is 0 Å². The van der Waals surface area contributed by atoms with E-state index in [9.17, 15) is 9.59 Å². The standard InChI is InChI=1S/C31H36N2O6/c1-36-26-16-14-24(22-28(26)38-3)10-5-7-12-30(34)32-18-9-19-33(21-20-32)31(35)13-8-6-11-25-15-17-27(37-2)29(23-25)39-4/h5-8,10-17,22-23H,9,18-21H2,1-4H3/b10-5+,11-6+,12-7+,13-8+. The maximum absolute atomic E-state index is 12.7. The van der Waals surface area contributed by atoms with E-state index >= 15 is 0 Å². The van der Waals surface area contributed by atoms with Gasteiger partial charge in [0.25, 0.3) is 0 Å². The zero-order valence-corrected chi connectivity index (χ0v) is 23.0.